The lowest BCUT2D eigenvalue weighted by Crippen LogP contribution is -2.34. The first-order valence-corrected chi connectivity index (χ1v) is 6.30. The van der Waals surface area contributed by atoms with E-state index < -0.39 is 0 Å². The van der Waals surface area contributed by atoms with Gasteiger partial charge in [0.15, 0.2) is 0 Å². The van der Waals surface area contributed by atoms with Gasteiger partial charge in [-0.25, -0.2) is 4.98 Å². The van der Waals surface area contributed by atoms with Crippen LogP contribution < -0.4 is 4.90 Å². The predicted molar refractivity (Wildman–Crippen MR) is 67.3 cm³/mol. The van der Waals surface area contributed by atoms with Gasteiger partial charge >= 0.3 is 0 Å². The number of nitrogens with zero attached hydrogens (tertiary/aromatic N) is 3. The Labute approximate surface area is 104 Å². The Kier molecular flexibility index (Phi) is 3.45. The summed E-state index contributed by atoms with van der Waals surface area (Å²) in [6, 6.07) is 4.04. The molecular formula is C12H14BrN3. The zero-order chi connectivity index (χ0) is 11.5. The molecule has 16 heavy (non-hydrogen) atoms. The fourth-order valence-electron chi connectivity index (χ4n) is 2.08. The summed E-state index contributed by atoms with van der Waals surface area (Å²) in [5.41, 5.74) is 0.656. The standard InChI is InChI=1S/C12H14BrN3/c1-9-3-2-4-16(8-9)12-5-10(6-14)11(13)7-15-12/h5,7,9H,2-4,8H2,1H3. The lowest BCUT2D eigenvalue weighted by Gasteiger charge is -2.31. The van der Waals surface area contributed by atoms with Gasteiger partial charge in [-0.2, -0.15) is 5.26 Å². The van der Waals surface area contributed by atoms with Crippen LogP contribution in [0.15, 0.2) is 16.7 Å². The van der Waals surface area contributed by atoms with Crippen LogP contribution in [-0.2, 0) is 0 Å². The summed E-state index contributed by atoms with van der Waals surface area (Å²) in [7, 11) is 0. The van der Waals surface area contributed by atoms with Crippen molar-refractivity contribution in [3.05, 3.63) is 22.3 Å². The maximum Gasteiger partial charge on any atom is 0.129 e. The molecular weight excluding hydrogens is 266 g/mol. The molecule has 0 amide bonds. The normalized spacial score (nSPS) is 20.6. The Morgan fingerprint density at radius 2 is 2.44 bits per heavy atom. The molecule has 3 nitrogen and oxygen atoms in total. The van der Waals surface area contributed by atoms with E-state index in [4.69, 9.17) is 5.26 Å². The Bertz CT molecular complexity index is 425. The molecule has 2 rings (SSSR count). The number of hydrogen-bond acceptors (Lipinski definition) is 3. The van der Waals surface area contributed by atoms with E-state index >= 15 is 0 Å². The zero-order valence-electron chi connectivity index (χ0n) is 9.28. The van der Waals surface area contributed by atoms with Crippen LogP contribution in [0, 0.1) is 17.2 Å². The highest BCUT2D eigenvalue weighted by Crippen LogP contribution is 2.24. The van der Waals surface area contributed by atoms with E-state index in [-0.39, 0.29) is 0 Å². The van der Waals surface area contributed by atoms with Gasteiger partial charge in [0.1, 0.15) is 11.9 Å². The van der Waals surface area contributed by atoms with Crippen LogP contribution in [0.25, 0.3) is 0 Å². The van der Waals surface area contributed by atoms with Crippen molar-refractivity contribution < 1.29 is 0 Å². The van der Waals surface area contributed by atoms with Crippen LogP contribution in [-0.4, -0.2) is 18.1 Å². The van der Waals surface area contributed by atoms with Gasteiger partial charge in [0.25, 0.3) is 0 Å². The molecule has 0 saturated carbocycles. The molecule has 1 aromatic heterocycles. The van der Waals surface area contributed by atoms with E-state index in [0.717, 1.165) is 23.4 Å². The molecule has 0 aliphatic carbocycles. The highest BCUT2D eigenvalue weighted by molar-refractivity contribution is 9.10. The minimum absolute atomic E-state index is 0.656. The van der Waals surface area contributed by atoms with Crippen LogP contribution in [0.4, 0.5) is 5.82 Å². The summed E-state index contributed by atoms with van der Waals surface area (Å²) in [4.78, 5) is 6.64. The maximum atomic E-state index is 8.97. The third kappa shape index (κ3) is 2.35. The van der Waals surface area contributed by atoms with E-state index in [1.807, 2.05) is 6.07 Å². The highest BCUT2D eigenvalue weighted by atomic mass is 79.9. The van der Waals surface area contributed by atoms with Gasteiger partial charge in [-0.15, -0.1) is 0 Å². The number of aromatic nitrogens is 1. The number of nitriles is 1. The van der Waals surface area contributed by atoms with Crippen molar-refractivity contribution in [3.8, 4) is 6.07 Å². The van der Waals surface area contributed by atoms with Crippen molar-refractivity contribution in [2.24, 2.45) is 5.92 Å². The van der Waals surface area contributed by atoms with Gasteiger partial charge in [0.2, 0.25) is 0 Å². The quantitative estimate of drug-likeness (QED) is 0.794. The van der Waals surface area contributed by atoms with E-state index in [0.29, 0.717) is 11.5 Å². The monoisotopic (exact) mass is 279 g/mol. The first kappa shape index (κ1) is 11.4. The Morgan fingerprint density at radius 1 is 1.62 bits per heavy atom. The van der Waals surface area contributed by atoms with E-state index in [1.54, 1.807) is 6.20 Å². The summed E-state index contributed by atoms with van der Waals surface area (Å²) in [5.74, 6) is 1.64. The Balaban J connectivity index is 2.24. The summed E-state index contributed by atoms with van der Waals surface area (Å²) >= 11 is 3.32. The number of pyridine rings is 1. The Hall–Kier alpha value is -1.08. The van der Waals surface area contributed by atoms with Crippen molar-refractivity contribution in [3.63, 3.8) is 0 Å². The lowest BCUT2D eigenvalue weighted by atomic mass is 10.0. The molecule has 0 spiro atoms. The van der Waals surface area contributed by atoms with E-state index in [1.165, 1.54) is 12.8 Å². The van der Waals surface area contributed by atoms with E-state index in [9.17, 15) is 0 Å². The molecule has 1 unspecified atom stereocenters. The third-order valence-corrected chi connectivity index (χ3v) is 3.57. The van der Waals surface area contributed by atoms with Crippen LogP contribution in [0.3, 0.4) is 0 Å². The fraction of sp³-hybridized carbons (Fsp3) is 0.500. The molecule has 4 heteroatoms. The summed E-state index contributed by atoms with van der Waals surface area (Å²) in [6.45, 7) is 4.35. The van der Waals surface area contributed by atoms with Crippen LogP contribution >= 0.6 is 15.9 Å². The lowest BCUT2D eigenvalue weighted by molar-refractivity contribution is 0.444. The molecule has 0 N–H and O–H groups in total. The molecule has 1 saturated heterocycles. The molecule has 0 radical (unpaired) electrons. The van der Waals surface area contributed by atoms with Crippen molar-refractivity contribution in [2.75, 3.05) is 18.0 Å². The van der Waals surface area contributed by atoms with Crippen LogP contribution in [0.5, 0.6) is 0 Å². The van der Waals surface area contributed by atoms with Crippen LogP contribution in [0.2, 0.25) is 0 Å². The number of anilines is 1. The SMILES string of the molecule is CC1CCCN(c2cc(C#N)c(Br)cn2)C1. The maximum absolute atomic E-state index is 8.97. The topological polar surface area (TPSA) is 39.9 Å². The van der Waals surface area contributed by atoms with Gasteiger partial charge in [-0.05, 0) is 40.8 Å². The second-order valence-corrected chi connectivity index (χ2v) is 5.18. The average Bonchev–Trinajstić information content (AvgIpc) is 2.29. The first-order chi connectivity index (χ1) is 7.70. The molecule has 1 aliphatic heterocycles. The van der Waals surface area contributed by atoms with E-state index in [2.05, 4.69) is 38.8 Å². The van der Waals surface area contributed by atoms with Gasteiger partial charge in [-0.3, -0.25) is 0 Å². The number of piperidine rings is 1. The second kappa shape index (κ2) is 4.84. The summed E-state index contributed by atoms with van der Waals surface area (Å²) < 4.78 is 0.767. The van der Waals surface area contributed by atoms with Gasteiger partial charge in [0, 0.05) is 19.3 Å². The summed E-state index contributed by atoms with van der Waals surface area (Å²) in [6.07, 6.45) is 4.21. The van der Waals surface area contributed by atoms with Crippen molar-refractivity contribution in [1.82, 2.24) is 4.98 Å². The molecule has 1 atom stereocenters. The predicted octanol–water partition coefficient (Wildman–Crippen LogP) is 2.95. The third-order valence-electron chi connectivity index (χ3n) is 2.94. The molecule has 84 valence electrons. The number of halogens is 1. The van der Waals surface area contributed by atoms with Gasteiger partial charge in [-0.1, -0.05) is 6.92 Å². The van der Waals surface area contributed by atoms with Crippen molar-refractivity contribution in [1.29, 1.82) is 5.26 Å². The summed E-state index contributed by atoms with van der Waals surface area (Å²) in [5, 5.41) is 8.97. The molecule has 1 aliphatic rings. The second-order valence-electron chi connectivity index (χ2n) is 4.33. The van der Waals surface area contributed by atoms with Crippen LogP contribution in [0.1, 0.15) is 25.3 Å². The number of rotatable bonds is 1. The van der Waals surface area contributed by atoms with Crippen molar-refractivity contribution in [2.45, 2.75) is 19.8 Å². The molecule has 1 aromatic rings. The van der Waals surface area contributed by atoms with Gasteiger partial charge in [0.05, 0.1) is 10.0 Å². The minimum Gasteiger partial charge on any atom is -0.356 e. The molecule has 1 fully saturated rings. The molecule has 0 bridgehead atoms. The first-order valence-electron chi connectivity index (χ1n) is 5.51. The van der Waals surface area contributed by atoms with Crippen molar-refractivity contribution >= 4 is 21.7 Å². The largest absolute Gasteiger partial charge is 0.356 e. The fourth-order valence-corrected chi connectivity index (χ4v) is 2.39. The Morgan fingerprint density at radius 3 is 3.12 bits per heavy atom. The average molecular weight is 280 g/mol. The number of hydrogen-bond donors (Lipinski definition) is 0. The zero-order valence-corrected chi connectivity index (χ0v) is 10.9. The molecule has 0 aromatic carbocycles. The molecule has 2 heterocycles. The highest BCUT2D eigenvalue weighted by Gasteiger charge is 2.18. The minimum atomic E-state index is 0.656. The smallest absolute Gasteiger partial charge is 0.129 e. The van der Waals surface area contributed by atoms with Gasteiger partial charge < -0.3 is 4.90 Å².